The van der Waals surface area contributed by atoms with E-state index in [1.807, 2.05) is 18.2 Å². The van der Waals surface area contributed by atoms with Crippen LogP contribution in [0.5, 0.6) is 0 Å². The highest BCUT2D eigenvalue weighted by molar-refractivity contribution is 5.91. The Morgan fingerprint density at radius 2 is 2.33 bits per heavy atom. The van der Waals surface area contributed by atoms with E-state index in [2.05, 4.69) is 10.2 Å². The molecule has 0 bridgehead atoms. The van der Waals surface area contributed by atoms with Crippen LogP contribution in [0.25, 0.3) is 16.5 Å². The molecule has 0 fully saturated rings. The summed E-state index contributed by atoms with van der Waals surface area (Å²) in [6.45, 7) is 1.77. The Morgan fingerprint density at radius 3 is 3.07 bits per heavy atom. The van der Waals surface area contributed by atoms with Gasteiger partial charge in [-0.3, -0.25) is 5.10 Å². The van der Waals surface area contributed by atoms with Gasteiger partial charge in [-0.1, -0.05) is 12.1 Å². The summed E-state index contributed by atoms with van der Waals surface area (Å²) < 4.78 is 0. The molecule has 0 saturated carbocycles. The lowest BCUT2D eigenvalue weighted by molar-refractivity contribution is -0.131. The van der Waals surface area contributed by atoms with Crippen molar-refractivity contribution in [3.05, 3.63) is 36.0 Å². The fraction of sp³-hybridized carbons (Fsp3) is 0.0909. The number of hydrogen-bond donors (Lipinski definition) is 2. The number of benzene rings is 1. The summed E-state index contributed by atoms with van der Waals surface area (Å²) in [5, 5.41) is 16.4. The van der Waals surface area contributed by atoms with E-state index in [9.17, 15) is 4.79 Å². The van der Waals surface area contributed by atoms with E-state index in [4.69, 9.17) is 5.11 Å². The van der Waals surface area contributed by atoms with Crippen molar-refractivity contribution in [2.45, 2.75) is 6.92 Å². The van der Waals surface area contributed by atoms with Crippen LogP contribution in [0.15, 0.2) is 30.5 Å². The summed E-state index contributed by atoms with van der Waals surface area (Å²) in [4.78, 5) is 10.5. The molecule has 0 aliphatic heterocycles. The predicted molar refractivity (Wildman–Crippen MR) is 57.4 cm³/mol. The average Bonchev–Trinajstić information content (AvgIpc) is 2.62. The maximum Gasteiger partial charge on any atom is 0.328 e. The van der Waals surface area contributed by atoms with E-state index in [0.717, 1.165) is 22.0 Å². The van der Waals surface area contributed by atoms with Crippen molar-refractivity contribution in [3.8, 4) is 0 Å². The summed E-state index contributed by atoms with van der Waals surface area (Å²) in [5.74, 6) is -0.933. The Bertz CT molecular complexity index is 540. The van der Waals surface area contributed by atoms with Crippen LogP contribution in [-0.2, 0) is 4.79 Å². The third kappa shape index (κ3) is 1.88. The van der Waals surface area contributed by atoms with Crippen LogP contribution >= 0.6 is 0 Å². The molecule has 0 radical (unpaired) electrons. The molecule has 1 aromatic heterocycles. The summed E-state index contributed by atoms with van der Waals surface area (Å²) in [7, 11) is 0. The molecule has 2 rings (SSSR count). The van der Waals surface area contributed by atoms with Crippen molar-refractivity contribution >= 4 is 22.4 Å². The number of rotatable bonds is 2. The van der Waals surface area contributed by atoms with Gasteiger partial charge in [0, 0.05) is 11.5 Å². The van der Waals surface area contributed by atoms with Gasteiger partial charge in [-0.2, -0.15) is 5.10 Å². The molecule has 0 spiro atoms. The van der Waals surface area contributed by atoms with Crippen molar-refractivity contribution in [3.63, 3.8) is 0 Å². The molecule has 0 saturated heterocycles. The summed E-state index contributed by atoms with van der Waals surface area (Å²) in [6.07, 6.45) is 2.92. The zero-order valence-corrected chi connectivity index (χ0v) is 8.19. The largest absolute Gasteiger partial charge is 0.478 e. The number of nitrogens with zero attached hydrogens (tertiary/aromatic N) is 1. The monoisotopic (exact) mass is 202 g/mol. The molecule has 1 aromatic carbocycles. The van der Waals surface area contributed by atoms with Crippen LogP contribution in [0.1, 0.15) is 12.5 Å². The number of allylic oxidation sites excluding steroid dienone is 1. The van der Waals surface area contributed by atoms with Crippen molar-refractivity contribution in [1.29, 1.82) is 0 Å². The number of hydrogen-bond acceptors (Lipinski definition) is 2. The number of aliphatic carboxylic acids is 1. The molecular weight excluding hydrogens is 192 g/mol. The maximum atomic E-state index is 10.5. The molecule has 0 atom stereocenters. The van der Waals surface area contributed by atoms with Gasteiger partial charge in [0.1, 0.15) is 0 Å². The number of carboxylic acids is 1. The minimum atomic E-state index is -0.933. The molecule has 4 nitrogen and oxygen atoms in total. The van der Waals surface area contributed by atoms with Gasteiger partial charge in [0.15, 0.2) is 0 Å². The molecule has 2 aromatic rings. The third-order valence-electron chi connectivity index (χ3n) is 2.24. The Balaban J connectivity index is 2.48. The fourth-order valence-corrected chi connectivity index (χ4v) is 1.45. The fourth-order valence-electron chi connectivity index (χ4n) is 1.45. The van der Waals surface area contributed by atoms with Crippen molar-refractivity contribution in [2.24, 2.45) is 0 Å². The molecular formula is C11H10N2O2. The standard InChI is InChI=1S/C11H10N2O2/c1-7(4-11(14)15)8-2-3-9-6-12-13-10(9)5-8/h2-6H,1H3,(H,12,13)(H,14,15)/b7-4+. The highest BCUT2D eigenvalue weighted by Crippen LogP contribution is 2.18. The lowest BCUT2D eigenvalue weighted by atomic mass is 10.1. The van der Waals surface area contributed by atoms with Crippen LogP contribution in [0.4, 0.5) is 0 Å². The quantitative estimate of drug-likeness (QED) is 0.732. The molecule has 2 N–H and O–H groups in total. The van der Waals surface area contributed by atoms with Gasteiger partial charge < -0.3 is 5.11 Å². The minimum Gasteiger partial charge on any atom is -0.478 e. The summed E-state index contributed by atoms with van der Waals surface area (Å²) in [5.41, 5.74) is 2.51. The highest BCUT2D eigenvalue weighted by atomic mass is 16.4. The van der Waals surface area contributed by atoms with E-state index < -0.39 is 5.97 Å². The normalized spacial score (nSPS) is 11.9. The van der Waals surface area contributed by atoms with Gasteiger partial charge in [-0.05, 0) is 24.1 Å². The first-order chi connectivity index (χ1) is 7.16. The van der Waals surface area contributed by atoms with Gasteiger partial charge >= 0.3 is 5.97 Å². The van der Waals surface area contributed by atoms with Crippen LogP contribution in [-0.4, -0.2) is 21.3 Å². The second kappa shape index (κ2) is 3.57. The third-order valence-corrected chi connectivity index (χ3v) is 2.24. The van der Waals surface area contributed by atoms with Gasteiger partial charge in [-0.25, -0.2) is 4.79 Å². The zero-order chi connectivity index (χ0) is 10.8. The number of nitrogens with one attached hydrogen (secondary N) is 1. The Kier molecular flexibility index (Phi) is 2.25. The first kappa shape index (κ1) is 9.45. The van der Waals surface area contributed by atoms with Gasteiger partial charge in [0.05, 0.1) is 11.7 Å². The van der Waals surface area contributed by atoms with Crippen molar-refractivity contribution in [2.75, 3.05) is 0 Å². The van der Waals surface area contributed by atoms with E-state index in [0.29, 0.717) is 0 Å². The van der Waals surface area contributed by atoms with Crippen LogP contribution in [0.2, 0.25) is 0 Å². The lowest BCUT2D eigenvalue weighted by Crippen LogP contribution is -1.89. The lowest BCUT2D eigenvalue weighted by Gasteiger charge is -1.99. The number of aromatic amines is 1. The zero-order valence-electron chi connectivity index (χ0n) is 8.19. The van der Waals surface area contributed by atoms with Gasteiger partial charge in [0.25, 0.3) is 0 Å². The SMILES string of the molecule is C/C(=C\C(=O)O)c1ccc2cn[nH]c2c1. The van der Waals surface area contributed by atoms with Crippen molar-refractivity contribution < 1.29 is 9.90 Å². The smallest absolute Gasteiger partial charge is 0.328 e. The summed E-state index contributed by atoms with van der Waals surface area (Å²) in [6, 6.07) is 5.68. The van der Waals surface area contributed by atoms with Crippen LogP contribution < -0.4 is 0 Å². The number of H-pyrrole nitrogens is 1. The van der Waals surface area contributed by atoms with E-state index in [1.54, 1.807) is 13.1 Å². The van der Waals surface area contributed by atoms with Gasteiger partial charge in [0.2, 0.25) is 0 Å². The van der Waals surface area contributed by atoms with Crippen LogP contribution in [0.3, 0.4) is 0 Å². The molecule has 76 valence electrons. The second-order valence-corrected chi connectivity index (χ2v) is 3.34. The Labute approximate surface area is 86.2 Å². The number of carbonyl (C=O) groups is 1. The predicted octanol–water partition coefficient (Wildman–Crippen LogP) is 2.05. The molecule has 0 unspecified atom stereocenters. The molecule has 0 aliphatic rings. The van der Waals surface area contributed by atoms with Crippen LogP contribution in [0, 0.1) is 0 Å². The summed E-state index contributed by atoms with van der Waals surface area (Å²) >= 11 is 0. The van der Waals surface area contributed by atoms with E-state index in [1.165, 1.54) is 6.08 Å². The number of carboxylic acid groups (broad SMARTS) is 1. The molecule has 0 amide bonds. The average molecular weight is 202 g/mol. The van der Waals surface area contributed by atoms with Gasteiger partial charge in [-0.15, -0.1) is 0 Å². The molecule has 15 heavy (non-hydrogen) atoms. The topological polar surface area (TPSA) is 66.0 Å². The molecule has 1 heterocycles. The Hall–Kier alpha value is -2.10. The van der Waals surface area contributed by atoms with E-state index in [-0.39, 0.29) is 0 Å². The maximum absolute atomic E-state index is 10.5. The number of aromatic nitrogens is 2. The first-order valence-electron chi connectivity index (χ1n) is 4.51. The van der Waals surface area contributed by atoms with E-state index >= 15 is 0 Å². The Morgan fingerprint density at radius 1 is 1.53 bits per heavy atom. The number of fused-ring (bicyclic) bond motifs is 1. The van der Waals surface area contributed by atoms with Crippen molar-refractivity contribution in [1.82, 2.24) is 10.2 Å². The highest BCUT2D eigenvalue weighted by Gasteiger charge is 2.01. The molecule has 4 heteroatoms. The minimum absolute atomic E-state index is 0.721. The molecule has 0 aliphatic carbocycles. The second-order valence-electron chi connectivity index (χ2n) is 3.34. The first-order valence-corrected chi connectivity index (χ1v) is 4.51.